The monoisotopic (exact) mass is 405 g/mol. The predicted molar refractivity (Wildman–Crippen MR) is 95.4 cm³/mol. The number of aliphatic hydroxyl groups excluding tert-OH is 1. The van der Waals surface area contributed by atoms with E-state index in [0.717, 1.165) is 4.31 Å². The molecule has 0 unspecified atom stereocenters. The molecule has 1 amide bonds. The Labute approximate surface area is 153 Å². The number of nitrogens with one attached hydrogen (secondary N) is 1. The molecule has 0 radical (unpaired) electrons. The van der Waals surface area contributed by atoms with Crippen LogP contribution in [0.2, 0.25) is 0 Å². The van der Waals surface area contributed by atoms with Crippen LogP contribution >= 0.6 is 0 Å². The Kier molecular flexibility index (Phi) is 6.40. The van der Waals surface area contributed by atoms with Crippen molar-refractivity contribution in [2.24, 2.45) is 5.73 Å². The first-order valence-electron chi connectivity index (χ1n) is 8.00. The largest absolute Gasteiger partial charge is 0.390 e. The highest BCUT2D eigenvalue weighted by molar-refractivity contribution is 7.92. The van der Waals surface area contributed by atoms with Crippen LogP contribution in [0.5, 0.6) is 0 Å². The highest BCUT2D eigenvalue weighted by atomic mass is 32.2. The van der Waals surface area contributed by atoms with Crippen LogP contribution in [0.25, 0.3) is 0 Å². The second-order valence-electron chi connectivity index (χ2n) is 6.17. The summed E-state index contributed by atoms with van der Waals surface area (Å²) in [6, 6.07) is 4.82. The number of hydrogen-bond acceptors (Lipinski definition) is 7. The first kappa shape index (κ1) is 20.8. The highest BCUT2D eigenvalue weighted by Gasteiger charge is 2.44. The summed E-state index contributed by atoms with van der Waals surface area (Å²) >= 11 is 0. The van der Waals surface area contributed by atoms with Gasteiger partial charge < -0.3 is 16.2 Å². The van der Waals surface area contributed by atoms with Crippen molar-refractivity contribution < 1.29 is 26.7 Å². The molecule has 1 aliphatic heterocycles. The molecule has 2 atom stereocenters. The molecule has 2 rings (SSSR count). The Morgan fingerprint density at radius 1 is 1.31 bits per heavy atom. The van der Waals surface area contributed by atoms with Crippen molar-refractivity contribution in [3.8, 4) is 0 Å². The van der Waals surface area contributed by atoms with E-state index in [9.17, 15) is 26.7 Å². The van der Waals surface area contributed by atoms with Gasteiger partial charge in [-0.2, -0.15) is 4.31 Å². The van der Waals surface area contributed by atoms with Gasteiger partial charge in [0.05, 0.1) is 28.5 Å². The fourth-order valence-electron chi connectivity index (χ4n) is 2.82. The van der Waals surface area contributed by atoms with Crippen molar-refractivity contribution in [1.29, 1.82) is 0 Å². The normalized spacial score (nSPS) is 22.5. The average molecular weight is 405 g/mol. The Bertz CT molecular complexity index is 852. The lowest BCUT2D eigenvalue weighted by Crippen LogP contribution is -2.48. The van der Waals surface area contributed by atoms with Crippen LogP contribution in [-0.2, 0) is 31.2 Å². The highest BCUT2D eigenvalue weighted by Crippen LogP contribution is 2.25. The summed E-state index contributed by atoms with van der Waals surface area (Å²) in [5, 5.41) is 12.6. The van der Waals surface area contributed by atoms with Crippen LogP contribution in [-0.4, -0.2) is 68.9 Å². The molecule has 26 heavy (non-hydrogen) atoms. The Hall–Kier alpha value is -1.53. The van der Waals surface area contributed by atoms with E-state index in [4.69, 9.17) is 5.73 Å². The predicted octanol–water partition coefficient (Wildman–Crippen LogP) is -1.57. The first-order chi connectivity index (χ1) is 12.1. The van der Waals surface area contributed by atoms with Crippen molar-refractivity contribution in [2.75, 3.05) is 24.6 Å². The van der Waals surface area contributed by atoms with Gasteiger partial charge in [0.2, 0.25) is 15.9 Å². The molecule has 0 aliphatic carbocycles. The number of aliphatic hydroxyl groups is 1. The number of rotatable bonds is 7. The first-order valence-corrected chi connectivity index (χ1v) is 11.3. The average Bonchev–Trinajstić information content (AvgIpc) is 2.83. The molecule has 1 saturated heterocycles. The third-order valence-corrected chi connectivity index (χ3v) is 7.72. The molecule has 1 aliphatic rings. The van der Waals surface area contributed by atoms with Crippen LogP contribution in [0, 0.1) is 0 Å². The lowest BCUT2D eigenvalue weighted by atomic mass is 10.2. The number of nitrogens with two attached hydrogens (primary N) is 1. The number of hydrogen-bond donors (Lipinski definition) is 3. The van der Waals surface area contributed by atoms with Gasteiger partial charge in [0, 0.05) is 26.6 Å². The number of nitrogens with zero attached hydrogens (tertiary/aromatic N) is 1. The van der Waals surface area contributed by atoms with Crippen LogP contribution in [0.15, 0.2) is 29.2 Å². The number of amides is 1. The van der Waals surface area contributed by atoms with Gasteiger partial charge in [-0.05, 0) is 17.7 Å². The van der Waals surface area contributed by atoms with E-state index in [0.29, 0.717) is 5.56 Å². The second-order valence-corrected chi connectivity index (χ2v) is 10.2. The summed E-state index contributed by atoms with van der Waals surface area (Å²) in [5.74, 6) is -1.11. The standard InChI is InChI=1S/C15H23N3O6S2/c1-11(19)17-8-12-2-4-13(5-3-12)26(23,24)18(7-6-16)14-9-25(21,22)10-15(14)20/h2-5,14-15,20H,6-10,16H2,1H3,(H,17,19)/t14-,15+/m0/s1. The molecule has 0 bridgehead atoms. The van der Waals surface area contributed by atoms with Crippen molar-refractivity contribution in [2.45, 2.75) is 30.5 Å². The number of carbonyl (C=O) groups is 1. The molecule has 11 heteroatoms. The van der Waals surface area contributed by atoms with Gasteiger partial charge in [-0.3, -0.25) is 4.79 Å². The second kappa shape index (κ2) is 8.01. The summed E-state index contributed by atoms with van der Waals surface area (Å²) < 4.78 is 50.3. The van der Waals surface area contributed by atoms with Gasteiger partial charge in [0.15, 0.2) is 9.84 Å². The summed E-state index contributed by atoms with van der Waals surface area (Å²) in [6.07, 6.45) is -1.29. The lowest BCUT2D eigenvalue weighted by Gasteiger charge is -2.29. The van der Waals surface area contributed by atoms with Crippen molar-refractivity contribution in [3.63, 3.8) is 0 Å². The fourth-order valence-corrected chi connectivity index (χ4v) is 6.38. The molecule has 1 aromatic rings. The SMILES string of the molecule is CC(=O)NCc1ccc(S(=O)(=O)N(CCN)[C@H]2CS(=O)(=O)C[C@H]2O)cc1. The minimum Gasteiger partial charge on any atom is -0.390 e. The van der Waals surface area contributed by atoms with Gasteiger partial charge in [-0.25, -0.2) is 16.8 Å². The van der Waals surface area contributed by atoms with Gasteiger partial charge in [0.25, 0.3) is 0 Å². The van der Waals surface area contributed by atoms with Gasteiger partial charge in [-0.1, -0.05) is 12.1 Å². The summed E-state index contributed by atoms with van der Waals surface area (Å²) in [4.78, 5) is 10.9. The quantitative estimate of drug-likeness (QED) is 0.496. The molecular weight excluding hydrogens is 382 g/mol. The van der Waals surface area contributed by atoms with Crippen LogP contribution < -0.4 is 11.1 Å². The maximum Gasteiger partial charge on any atom is 0.243 e. The fraction of sp³-hybridized carbons (Fsp3) is 0.533. The molecule has 0 saturated carbocycles. The van der Waals surface area contributed by atoms with E-state index < -0.39 is 43.5 Å². The van der Waals surface area contributed by atoms with Crippen molar-refractivity contribution in [3.05, 3.63) is 29.8 Å². The Morgan fingerprint density at radius 3 is 2.38 bits per heavy atom. The summed E-state index contributed by atoms with van der Waals surface area (Å²) in [5.41, 5.74) is 6.22. The molecule has 1 heterocycles. The Balaban J connectivity index is 2.28. The molecule has 1 aromatic carbocycles. The molecule has 146 valence electrons. The zero-order valence-electron chi connectivity index (χ0n) is 14.3. The molecule has 9 nitrogen and oxygen atoms in total. The number of carbonyl (C=O) groups excluding carboxylic acids is 1. The maximum absolute atomic E-state index is 12.9. The van der Waals surface area contributed by atoms with E-state index in [2.05, 4.69) is 5.32 Å². The summed E-state index contributed by atoms with van der Waals surface area (Å²) in [6.45, 7) is 1.53. The maximum atomic E-state index is 12.9. The van der Waals surface area contributed by atoms with Gasteiger partial charge in [0.1, 0.15) is 0 Å². The molecule has 4 N–H and O–H groups in total. The molecule has 0 aromatic heterocycles. The van der Waals surface area contributed by atoms with Crippen molar-refractivity contribution in [1.82, 2.24) is 9.62 Å². The number of benzene rings is 1. The minimum atomic E-state index is -4.04. The third kappa shape index (κ3) is 4.80. The Morgan fingerprint density at radius 2 is 1.92 bits per heavy atom. The van der Waals surface area contributed by atoms with Crippen LogP contribution in [0.1, 0.15) is 12.5 Å². The zero-order valence-corrected chi connectivity index (χ0v) is 16.0. The van der Waals surface area contributed by atoms with E-state index in [-0.39, 0.29) is 30.4 Å². The summed E-state index contributed by atoms with van der Waals surface area (Å²) in [7, 11) is -7.55. The third-order valence-electron chi connectivity index (χ3n) is 4.08. The van der Waals surface area contributed by atoms with E-state index in [1.165, 1.54) is 19.1 Å². The molecule has 0 spiro atoms. The van der Waals surface area contributed by atoms with E-state index in [1.54, 1.807) is 12.1 Å². The number of sulfonamides is 1. The lowest BCUT2D eigenvalue weighted by molar-refractivity contribution is -0.119. The van der Waals surface area contributed by atoms with Crippen LogP contribution in [0.3, 0.4) is 0 Å². The zero-order chi connectivity index (χ0) is 19.5. The van der Waals surface area contributed by atoms with Crippen LogP contribution in [0.4, 0.5) is 0 Å². The molecule has 1 fully saturated rings. The van der Waals surface area contributed by atoms with Crippen molar-refractivity contribution >= 4 is 25.8 Å². The molecular formula is C15H23N3O6S2. The van der Waals surface area contributed by atoms with E-state index in [1.807, 2.05) is 0 Å². The minimum absolute atomic E-state index is 0.0108. The van der Waals surface area contributed by atoms with Gasteiger partial charge in [-0.15, -0.1) is 0 Å². The van der Waals surface area contributed by atoms with Gasteiger partial charge >= 0.3 is 0 Å². The smallest absolute Gasteiger partial charge is 0.243 e. The number of sulfone groups is 1. The topological polar surface area (TPSA) is 147 Å². The van der Waals surface area contributed by atoms with E-state index >= 15 is 0 Å².